The maximum atomic E-state index is 11.2. The van der Waals surface area contributed by atoms with E-state index in [1.54, 1.807) is 6.07 Å². The molecule has 7 aromatic carbocycles. The van der Waals surface area contributed by atoms with Crippen molar-refractivity contribution < 1.29 is 9.84 Å². The van der Waals surface area contributed by atoms with E-state index in [1.165, 1.54) is 22.3 Å². The lowest BCUT2D eigenvalue weighted by molar-refractivity contribution is 0.326. The molecule has 5 heteroatoms. The molecule has 1 spiro atoms. The fourth-order valence-corrected chi connectivity index (χ4v) is 9.40. The Bertz CT molecular complexity index is 2980. The Morgan fingerprint density at radius 2 is 1.12 bits per heavy atom. The summed E-state index contributed by atoms with van der Waals surface area (Å²) < 4.78 is 8.84. The molecule has 0 aliphatic heterocycles. The van der Waals surface area contributed by atoms with E-state index in [2.05, 4.69) is 114 Å². The molecule has 0 amide bonds. The SMILES string of the molecule is Oc1ccc(-c2ccc3c(c2)CC2(Cc4ccccc4C2)C3)cc1-c1cccc(Oc2cccc3c2nc(-c2ccccc2)n3-c2ccccc2-c2ccccc2)n1. The van der Waals surface area contributed by atoms with Crippen LogP contribution in [0.5, 0.6) is 17.4 Å². The third kappa shape index (κ3) is 5.95. The van der Waals surface area contributed by atoms with Gasteiger partial charge in [0.25, 0.3) is 0 Å². The summed E-state index contributed by atoms with van der Waals surface area (Å²) in [5.41, 5.74) is 15.5. The molecule has 9 aromatic rings. The first-order valence-corrected chi connectivity index (χ1v) is 20.0. The summed E-state index contributed by atoms with van der Waals surface area (Å²) in [6, 6.07) is 62.5. The number of para-hydroxylation sites is 2. The second kappa shape index (κ2) is 13.7. The maximum Gasteiger partial charge on any atom is 0.219 e. The highest BCUT2D eigenvalue weighted by Gasteiger charge is 2.42. The molecule has 2 aliphatic carbocycles. The molecule has 2 heterocycles. The average molecular weight is 750 g/mol. The molecule has 0 bridgehead atoms. The predicted molar refractivity (Wildman–Crippen MR) is 232 cm³/mol. The molecule has 0 fully saturated rings. The standard InChI is InChI=1S/C53H39N3O2/c57-48-28-27-38(37-25-26-41-33-53(34-42(41)29-37)31-39-17-7-8-18-40(39)32-53)30-44(48)45-20-11-24-50(54-45)58-49-23-12-22-47-51(49)55-52(36-15-5-2-6-16-36)56(47)46-21-10-9-19-43(46)35-13-3-1-4-14-35/h1-30,57H,31-34H2. The number of aromatic nitrogens is 3. The minimum atomic E-state index is 0.169. The molecule has 2 aliphatic rings. The van der Waals surface area contributed by atoms with Gasteiger partial charge in [0, 0.05) is 22.8 Å². The second-order valence-corrected chi connectivity index (χ2v) is 15.8. The lowest BCUT2D eigenvalue weighted by Crippen LogP contribution is -2.21. The summed E-state index contributed by atoms with van der Waals surface area (Å²) in [5, 5.41) is 11.2. The zero-order valence-corrected chi connectivity index (χ0v) is 31.8. The van der Waals surface area contributed by atoms with Crippen LogP contribution in [0.3, 0.4) is 0 Å². The average Bonchev–Trinajstić information content (AvgIpc) is 3.96. The van der Waals surface area contributed by atoms with Crippen molar-refractivity contribution in [3.05, 3.63) is 204 Å². The van der Waals surface area contributed by atoms with Crippen molar-refractivity contribution >= 4 is 11.0 Å². The molecular formula is C53H39N3O2. The van der Waals surface area contributed by atoms with Crippen LogP contribution in [-0.4, -0.2) is 19.6 Å². The van der Waals surface area contributed by atoms with E-state index >= 15 is 0 Å². The number of imidazole rings is 1. The zero-order chi connectivity index (χ0) is 38.6. The third-order valence-electron chi connectivity index (χ3n) is 12.0. The Balaban J connectivity index is 0.931. The van der Waals surface area contributed by atoms with Crippen molar-refractivity contribution in [3.8, 4) is 68.0 Å². The van der Waals surface area contributed by atoms with Crippen LogP contribution in [0, 0.1) is 5.41 Å². The molecule has 0 unspecified atom stereocenters. The quantitative estimate of drug-likeness (QED) is 0.176. The molecule has 58 heavy (non-hydrogen) atoms. The topological polar surface area (TPSA) is 60.2 Å². The van der Waals surface area contributed by atoms with E-state index in [0.29, 0.717) is 22.9 Å². The fraction of sp³-hybridized carbons (Fsp3) is 0.0943. The highest BCUT2D eigenvalue weighted by molar-refractivity contribution is 5.90. The van der Waals surface area contributed by atoms with Gasteiger partial charge in [-0.15, -0.1) is 0 Å². The van der Waals surface area contributed by atoms with E-state index < -0.39 is 0 Å². The van der Waals surface area contributed by atoms with Gasteiger partial charge in [-0.2, -0.15) is 0 Å². The van der Waals surface area contributed by atoms with Crippen molar-refractivity contribution in [1.29, 1.82) is 0 Å². The summed E-state index contributed by atoms with van der Waals surface area (Å²) >= 11 is 0. The van der Waals surface area contributed by atoms with Gasteiger partial charge in [-0.1, -0.05) is 140 Å². The number of phenolic OH excluding ortho intramolecular Hbond substituents is 1. The van der Waals surface area contributed by atoms with Gasteiger partial charge in [0.05, 0.1) is 16.9 Å². The second-order valence-electron chi connectivity index (χ2n) is 15.8. The van der Waals surface area contributed by atoms with Gasteiger partial charge < -0.3 is 9.84 Å². The van der Waals surface area contributed by atoms with Crippen LogP contribution in [0.25, 0.3) is 61.6 Å². The highest BCUT2D eigenvalue weighted by Crippen LogP contribution is 2.48. The molecule has 0 saturated carbocycles. The van der Waals surface area contributed by atoms with Crippen LogP contribution < -0.4 is 4.74 Å². The Hall–Kier alpha value is -7.24. The third-order valence-corrected chi connectivity index (χ3v) is 12.0. The molecule has 0 saturated heterocycles. The molecule has 1 N–H and O–H groups in total. The van der Waals surface area contributed by atoms with Crippen molar-refractivity contribution in [2.24, 2.45) is 5.41 Å². The largest absolute Gasteiger partial charge is 0.507 e. The number of pyridine rings is 1. The number of benzene rings is 7. The zero-order valence-electron chi connectivity index (χ0n) is 31.8. The van der Waals surface area contributed by atoms with Gasteiger partial charge >= 0.3 is 0 Å². The van der Waals surface area contributed by atoms with Gasteiger partial charge in [0.2, 0.25) is 5.88 Å². The first-order chi connectivity index (χ1) is 28.6. The Morgan fingerprint density at radius 3 is 1.91 bits per heavy atom. The summed E-state index contributed by atoms with van der Waals surface area (Å²) in [5.74, 6) is 1.99. The van der Waals surface area contributed by atoms with E-state index in [9.17, 15) is 5.11 Å². The number of fused-ring (bicyclic) bond motifs is 3. The Labute approximate surface area is 337 Å². The molecule has 2 aromatic heterocycles. The normalized spacial score (nSPS) is 13.8. The molecule has 5 nitrogen and oxygen atoms in total. The van der Waals surface area contributed by atoms with Crippen molar-refractivity contribution in [1.82, 2.24) is 14.5 Å². The highest BCUT2D eigenvalue weighted by atomic mass is 16.5. The minimum absolute atomic E-state index is 0.169. The summed E-state index contributed by atoms with van der Waals surface area (Å²) in [7, 11) is 0. The molecule has 0 atom stereocenters. The van der Waals surface area contributed by atoms with E-state index in [0.717, 1.165) is 76.0 Å². The van der Waals surface area contributed by atoms with Crippen LogP contribution in [-0.2, 0) is 25.7 Å². The van der Waals surface area contributed by atoms with Gasteiger partial charge in [-0.25, -0.2) is 9.97 Å². The lowest BCUT2D eigenvalue weighted by Gasteiger charge is -2.21. The molecule has 11 rings (SSSR count). The number of aromatic hydroxyl groups is 1. The van der Waals surface area contributed by atoms with Crippen LogP contribution in [0.15, 0.2) is 182 Å². The van der Waals surface area contributed by atoms with E-state index in [-0.39, 0.29) is 11.2 Å². The van der Waals surface area contributed by atoms with Crippen LogP contribution >= 0.6 is 0 Å². The van der Waals surface area contributed by atoms with Gasteiger partial charge in [-0.05, 0) is 106 Å². The Kier molecular flexibility index (Phi) is 8.07. The fourth-order valence-electron chi connectivity index (χ4n) is 9.40. The predicted octanol–water partition coefficient (Wildman–Crippen LogP) is 12.5. The smallest absolute Gasteiger partial charge is 0.219 e. The van der Waals surface area contributed by atoms with Crippen LogP contribution in [0.2, 0.25) is 0 Å². The number of ether oxygens (including phenoxy) is 1. The van der Waals surface area contributed by atoms with Gasteiger partial charge in [0.1, 0.15) is 17.1 Å². The maximum absolute atomic E-state index is 11.2. The molecule has 278 valence electrons. The van der Waals surface area contributed by atoms with Crippen LogP contribution in [0.4, 0.5) is 0 Å². The number of phenols is 1. The summed E-state index contributed by atoms with van der Waals surface area (Å²) in [6.07, 6.45) is 4.51. The lowest BCUT2D eigenvalue weighted by atomic mass is 9.82. The Morgan fingerprint density at radius 1 is 0.483 bits per heavy atom. The summed E-state index contributed by atoms with van der Waals surface area (Å²) in [4.78, 5) is 10.2. The van der Waals surface area contributed by atoms with Crippen molar-refractivity contribution in [2.45, 2.75) is 25.7 Å². The van der Waals surface area contributed by atoms with E-state index in [4.69, 9.17) is 14.7 Å². The van der Waals surface area contributed by atoms with Crippen molar-refractivity contribution in [2.75, 3.05) is 0 Å². The van der Waals surface area contributed by atoms with E-state index in [1.807, 2.05) is 66.7 Å². The number of rotatable bonds is 7. The number of hydrogen-bond donors (Lipinski definition) is 1. The number of nitrogens with zero attached hydrogens (tertiary/aromatic N) is 3. The van der Waals surface area contributed by atoms with Gasteiger partial charge in [0.15, 0.2) is 5.75 Å². The monoisotopic (exact) mass is 749 g/mol. The minimum Gasteiger partial charge on any atom is -0.507 e. The molecular weight excluding hydrogens is 711 g/mol. The van der Waals surface area contributed by atoms with Crippen molar-refractivity contribution in [3.63, 3.8) is 0 Å². The summed E-state index contributed by atoms with van der Waals surface area (Å²) in [6.45, 7) is 0. The number of hydrogen-bond acceptors (Lipinski definition) is 4. The first-order valence-electron chi connectivity index (χ1n) is 20.0. The first kappa shape index (κ1) is 34.0. The molecule has 0 radical (unpaired) electrons. The van der Waals surface area contributed by atoms with Gasteiger partial charge in [-0.3, -0.25) is 4.57 Å². The van der Waals surface area contributed by atoms with Crippen LogP contribution in [0.1, 0.15) is 22.3 Å².